The number of esters is 2. The first kappa shape index (κ1) is 35.8. The number of rotatable bonds is 20. The van der Waals surface area contributed by atoms with Crippen molar-refractivity contribution in [3.8, 4) is 0 Å². The number of hydrogen-bond acceptors (Lipinski definition) is 5. The van der Waals surface area contributed by atoms with E-state index in [9.17, 15) is 35.9 Å². The molecule has 5 nitrogen and oxygen atoms in total. The SMILES string of the molecule is CCCCCCCOC(=O)C(CC(=O)OCCCCCCC(C(F)(F)F)C(F)(F)F)SCC[N+](C)(C)C. The predicted molar refractivity (Wildman–Crippen MR) is 133 cm³/mol. The molecule has 0 saturated heterocycles. The van der Waals surface area contributed by atoms with Crippen LogP contribution in [0.2, 0.25) is 0 Å². The van der Waals surface area contributed by atoms with Gasteiger partial charge < -0.3 is 14.0 Å². The fraction of sp³-hybridized carbons (Fsp3) is 0.920. The van der Waals surface area contributed by atoms with Crippen molar-refractivity contribution in [1.82, 2.24) is 0 Å². The van der Waals surface area contributed by atoms with Crippen LogP contribution >= 0.6 is 11.8 Å². The molecule has 220 valence electrons. The highest BCUT2D eigenvalue weighted by Gasteiger charge is 2.55. The summed E-state index contributed by atoms with van der Waals surface area (Å²) in [6, 6.07) is 0. The molecule has 0 aromatic carbocycles. The van der Waals surface area contributed by atoms with Crippen LogP contribution in [0, 0.1) is 5.92 Å². The minimum atomic E-state index is -5.32. The average Bonchev–Trinajstić information content (AvgIpc) is 2.74. The van der Waals surface area contributed by atoms with Crippen LogP contribution in [0.5, 0.6) is 0 Å². The third-order valence-corrected chi connectivity index (χ3v) is 6.81. The second-order valence-corrected chi connectivity index (χ2v) is 11.5. The monoisotopic (exact) mass is 568 g/mol. The summed E-state index contributed by atoms with van der Waals surface area (Å²) in [5.74, 6) is -3.72. The lowest BCUT2D eigenvalue weighted by Crippen LogP contribution is -2.37. The van der Waals surface area contributed by atoms with Gasteiger partial charge in [0.05, 0.1) is 47.3 Å². The van der Waals surface area contributed by atoms with Crippen LogP contribution < -0.4 is 0 Å². The van der Waals surface area contributed by atoms with E-state index in [2.05, 4.69) is 6.92 Å². The molecule has 0 aliphatic carbocycles. The third-order valence-electron chi connectivity index (χ3n) is 5.63. The van der Waals surface area contributed by atoms with Gasteiger partial charge in [0.15, 0.2) is 5.92 Å². The van der Waals surface area contributed by atoms with Crippen LogP contribution in [0.15, 0.2) is 0 Å². The van der Waals surface area contributed by atoms with Crippen molar-refractivity contribution in [2.24, 2.45) is 5.92 Å². The van der Waals surface area contributed by atoms with Gasteiger partial charge in [0.25, 0.3) is 0 Å². The number of carbonyl (C=O) groups excluding carboxylic acids is 2. The molecule has 12 heteroatoms. The Kier molecular flexibility index (Phi) is 17.6. The van der Waals surface area contributed by atoms with Gasteiger partial charge in [-0.1, -0.05) is 51.9 Å². The minimum absolute atomic E-state index is 0.0104. The summed E-state index contributed by atoms with van der Waals surface area (Å²) < 4.78 is 86.5. The quantitative estimate of drug-likeness (QED) is 0.0690. The molecule has 0 saturated carbocycles. The number of halogens is 6. The highest BCUT2D eigenvalue weighted by molar-refractivity contribution is 8.00. The van der Waals surface area contributed by atoms with Crippen molar-refractivity contribution in [1.29, 1.82) is 0 Å². The van der Waals surface area contributed by atoms with E-state index >= 15 is 0 Å². The van der Waals surface area contributed by atoms with Crippen LogP contribution in [0.1, 0.15) is 77.6 Å². The van der Waals surface area contributed by atoms with Crippen LogP contribution in [0.25, 0.3) is 0 Å². The molecule has 0 aliphatic rings. The maximum absolute atomic E-state index is 12.6. The summed E-state index contributed by atoms with van der Waals surface area (Å²) in [6.07, 6.45) is -6.17. The van der Waals surface area contributed by atoms with E-state index in [1.54, 1.807) is 0 Å². The van der Waals surface area contributed by atoms with Crippen molar-refractivity contribution in [3.05, 3.63) is 0 Å². The first-order valence-electron chi connectivity index (χ1n) is 13.0. The van der Waals surface area contributed by atoms with Crippen LogP contribution in [-0.2, 0) is 19.1 Å². The number of unbranched alkanes of at least 4 members (excludes halogenated alkanes) is 7. The first-order valence-corrected chi connectivity index (χ1v) is 14.0. The molecular formula is C25H44F6NO4S+. The number of nitrogens with zero attached hydrogens (tertiary/aromatic N) is 1. The third kappa shape index (κ3) is 19.5. The Morgan fingerprint density at radius 1 is 0.784 bits per heavy atom. The van der Waals surface area contributed by atoms with Crippen LogP contribution in [-0.4, -0.2) is 80.7 Å². The fourth-order valence-corrected chi connectivity index (χ4v) is 4.76. The topological polar surface area (TPSA) is 52.6 Å². The molecule has 1 unspecified atom stereocenters. The number of alkyl halides is 6. The summed E-state index contributed by atoms with van der Waals surface area (Å²) in [5.41, 5.74) is 0. The zero-order valence-electron chi connectivity index (χ0n) is 22.5. The maximum Gasteiger partial charge on any atom is 0.400 e. The largest absolute Gasteiger partial charge is 0.466 e. The normalized spacial score (nSPS) is 13.6. The molecule has 0 amide bonds. The van der Waals surface area contributed by atoms with Crippen LogP contribution in [0.3, 0.4) is 0 Å². The minimum Gasteiger partial charge on any atom is -0.466 e. The Hall–Kier alpha value is -1.17. The molecule has 0 N–H and O–H groups in total. The fourth-order valence-electron chi connectivity index (χ4n) is 3.36. The Labute approximate surface area is 221 Å². The zero-order chi connectivity index (χ0) is 28.5. The van der Waals surface area contributed by atoms with E-state index in [-0.39, 0.29) is 25.9 Å². The maximum atomic E-state index is 12.6. The van der Waals surface area contributed by atoms with Crippen molar-refractivity contribution in [2.45, 2.75) is 95.2 Å². The molecule has 0 heterocycles. The van der Waals surface area contributed by atoms with Gasteiger partial charge in [-0.25, -0.2) is 0 Å². The number of ether oxygens (including phenoxy) is 2. The van der Waals surface area contributed by atoms with Gasteiger partial charge >= 0.3 is 24.3 Å². The predicted octanol–water partition coefficient (Wildman–Crippen LogP) is 6.93. The molecule has 0 fully saturated rings. The van der Waals surface area contributed by atoms with E-state index in [1.165, 1.54) is 11.8 Å². The number of quaternary nitrogens is 1. The van der Waals surface area contributed by atoms with E-state index in [1.807, 2.05) is 21.1 Å². The summed E-state index contributed by atoms with van der Waals surface area (Å²) in [5, 5.41) is -0.698. The molecule has 0 bridgehead atoms. The Morgan fingerprint density at radius 2 is 1.30 bits per heavy atom. The van der Waals surface area contributed by atoms with E-state index in [0.29, 0.717) is 29.7 Å². The Bertz CT molecular complexity index is 624. The molecule has 37 heavy (non-hydrogen) atoms. The van der Waals surface area contributed by atoms with Gasteiger partial charge in [0, 0.05) is 5.75 Å². The number of hydrogen-bond donors (Lipinski definition) is 0. The van der Waals surface area contributed by atoms with Gasteiger partial charge in [0.1, 0.15) is 5.25 Å². The highest BCUT2D eigenvalue weighted by Crippen LogP contribution is 2.42. The lowest BCUT2D eigenvalue weighted by molar-refractivity contribution is -0.867. The van der Waals surface area contributed by atoms with E-state index in [0.717, 1.165) is 38.6 Å². The molecule has 1 atom stereocenters. The Balaban J connectivity index is 4.43. The van der Waals surface area contributed by atoms with Crippen molar-refractivity contribution >= 4 is 23.7 Å². The van der Waals surface area contributed by atoms with Crippen molar-refractivity contribution in [2.75, 3.05) is 46.7 Å². The smallest absolute Gasteiger partial charge is 0.400 e. The number of thioether (sulfide) groups is 1. The van der Waals surface area contributed by atoms with Gasteiger partial charge in [-0.2, -0.15) is 26.3 Å². The molecule has 0 aliphatic heterocycles. The lowest BCUT2D eigenvalue weighted by Gasteiger charge is -2.24. The van der Waals surface area contributed by atoms with Gasteiger partial charge in [-0.3, -0.25) is 9.59 Å². The van der Waals surface area contributed by atoms with Gasteiger partial charge in [0.2, 0.25) is 0 Å². The highest BCUT2D eigenvalue weighted by atomic mass is 32.2. The van der Waals surface area contributed by atoms with Gasteiger partial charge in [-0.05, 0) is 19.3 Å². The van der Waals surface area contributed by atoms with E-state index in [4.69, 9.17) is 9.47 Å². The summed E-state index contributed by atoms with van der Waals surface area (Å²) in [4.78, 5) is 24.8. The Morgan fingerprint density at radius 3 is 1.81 bits per heavy atom. The van der Waals surface area contributed by atoms with Gasteiger partial charge in [-0.15, -0.1) is 11.8 Å². The van der Waals surface area contributed by atoms with Crippen LogP contribution in [0.4, 0.5) is 26.3 Å². The lowest BCUT2D eigenvalue weighted by atomic mass is 9.99. The van der Waals surface area contributed by atoms with Crippen molar-refractivity contribution in [3.63, 3.8) is 0 Å². The summed E-state index contributed by atoms with van der Waals surface area (Å²) in [6.45, 7) is 3.18. The average molecular weight is 569 g/mol. The zero-order valence-corrected chi connectivity index (χ0v) is 23.3. The van der Waals surface area contributed by atoms with E-state index < -0.39 is 41.9 Å². The standard InChI is InChI=1S/C25H44F6NO4S/c1-5-6-7-9-13-17-36-23(34)20(37-18-15-32(2,3)4)19-22(33)35-16-12-10-8-11-14-21(24(26,27)28)25(29,30)31/h20-21H,5-19H2,1-4H3/q+1. The molecular weight excluding hydrogens is 524 g/mol. The first-order chi connectivity index (χ1) is 17.1. The number of carbonyl (C=O) groups is 2. The molecule has 0 radical (unpaired) electrons. The second-order valence-electron chi connectivity index (χ2n) is 10.2. The van der Waals surface area contributed by atoms with Crippen molar-refractivity contribution < 1.29 is 49.9 Å². The summed E-state index contributed by atoms with van der Waals surface area (Å²) >= 11 is 1.34. The summed E-state index contributed by atoms with van der Waals surface area (Å²) in [7, 11) is 6.06. The molecule has 0 rings (SSSR count). The molecule has 0 spiro atoms. The molecule has 0 aromatic heterocycles. The second kappa shape index (κ2) is 18.2. The molecule has 0 aromatic rings.